The van der Waals surface area contributed by atoms with Crippen molar-refractivity contribution in [2.75, 3.05) is 18.7 Å². The summed E-state index contributed by atoms with van der Waals surface area (Å²) in [6.45, 7) is 2.38. The van der Waals surface area contributed by atoms with Gasteiger partial charge in [-0.15, -0.1) is 0 Å². The van der Waals surface area contributed by atoms with Crippen molar-refractivity contribution in [2.45, 2.75) is 13.3 Å². The number of hydrazone groups is 1. The fourth-order valence-corrected chi connectivity index (χ4v) is 1.72. The highest BCUT2D eigenvalue weighted by atomic mass is 16.5. The summed E-state index contributed by atoms with van der Waals surface area (Å²) >= 11 is 0. The third-order valence-corrected chi connectivity index (χ3v) is 2.49. The number of benzene rings is 1. The molecule has 4 heteroatoms. The first-order valence-electron chi connectivity index (χ1n) is 5.16. The van der Waals surface area contributed by atoms with Crippen LogP contribution in [-0.2, 0) is 9.53 Å². The Balaban J connectivity index is 2.28. The van der Waals surface area contributed by atoms with Gasteiger partial charge < -0.3 is 4.74 Å². The number of anilines is 1. The van der Waals surface area contributed by atoms with E-state index in [1.807, 2.05) is 31.2 Å². The first-order chi connectivity index (χ1) is 7.72. The first kappa shape index (κ1) is 10.8. The number of ether oxygens (including phenoxy) is 1. The molecule has 16 heavy (non-hydrogen) atoms. The maximum absolute atomic E-state index is 11.8. The van der Waals surface area contributed by atoms with E-state index in [0.717, 1.165) is 17.0 Å². The smallest absolute Gasteiger partial charge is 0.253 e. The van der Waals surface area contributed by atoms with Crippen molar-refractivity contribution in [3.63, 3.8) is 0 Å². The van der Waals surface area contributed by atoms with Crippen LogP contribution in [0, 0.1) is 6.92 Å². The average molecular weight is 218 g/mol. The fraction of sp³-hybridized carbons (Fsp3) is 0.333. The predicted molar refractivity (Wildman–Crippen MR) is 62.6 cm³/mol. The highest BCUT2D eigenvalue weighted by Gasteiger charge is 2.25. The normalized spacial score (nSPS) is 15.5. The van der Waals surface area contributed by atoms with Gasteiger partial charge in [-0.25, -0.2) is 5.01 Å². The number of carbonyl (C=O) groups is 1. The molecule has 0 aliphatic carbocycles. The maximum Gasteiger partial charge on any atom is 0.253 e. The number of hydrogen-bond donors (Lipinski definition) is 0. The van der Waals surface area contributed by atoms with E-state index < -0.39 is 0 Å². The van der Waals surface area contributed by atoms with E-state index in [1.165, 1.54) is 5.01 Å². The number of carbonyl (C=O) groups excluding carboxylic acids is 1. The lowest BCUT2D eigenvalue weighted by molar-refractivity contribution is -0.116. The number of nitrogens with zero attached hydrogens (tertiary/aromatic N) is 2. The number of rotatable bonds is 3. The Morgan fingerprint density at radius 1 is 1.44 bits per heavy atom. The Morgan fingerprint density at radius 2 is 2.19 bits per heavy atom. The Hall–Kier alpha value is -1.68. The molecule has 4 nitrogen and oxygen atoms in total. The summed E-state index contributed by atoms with van der Waals surface area (Å²) in [5, 5.41) is 5.73. The Labute approximate surface area is 94.5 Å². The molecular weight excluding hydrogens is 204 g/mol. The summed E-state index contributed by atoms with van der Waals surface area (Å²) in [5.74, 6) is 0.00125. The molecule has 0 fully saturated rings. The minimum atomic E-state index is 0.00125. The summed E-state index contributed by atoms with van der Waals surface area (Å²) in [4.78, 5) is 11.8. The van der Waals surface area contributed by atoms with Gasteiger partial charge in [-0.3, -0.25) is 4.79 Å². The molecule has 1 aromatic rings. The van der Waals surface area contributed by atoms with Gasteiger partial charge >= 0.3 is 0 Å². The van der Waals surface area contributed by atoms with E-state index >= 15 is 0 Å². The number of para-hydroxylation sites is 1. The van der Waals surface area contributed by atoms with Crippen LogP contribution in [0.15, 0.2) is 29.4 Å². The Bertz CT molecular complexity index is 440. The van der Waals surface area contributed by atoms with Gasteiger partial charge in [-0.05, 0) is 18.6 Å². The van der Waals surface area contributed by atoms with E-state index in [2.05, 4.69) is 5.10 Å². The second kappa shape index (κ2) is 4.45. The van der Waals surface area contributed by atoms with Crippen LogP contribution in [0.25, 0.3) is 0 Å². The molecule has 0 N–H and O–H groups in total. The summed E-state index contributed by atoms with van der Waals surface area (Å²) in [6, 6.07) is 7.71. The predicted octanol–water partition coefficient (Wildman–Crippen LogP) is 1.73. The van der Waals surface area contributed by atoms with E-state index in [9.17, 15) is 4.79 Å². The van der Waals surface area contributed by atoms with Crippen LogP contribution in [0.3, 0.4) is 0 Å². The van der Waals surface area contributed by atoms with Crippen molar-refractivity contribution in [2.24, 2.45) is 5.10 Å². The highest BCUT2D eigenvalue weighted by Crippen LogP contribution is 2.23. The Morgan fingerprint density at radius 3 is 2.88 bits per heavy atom. The van der Waals surface area contributed by atoms with Gasteiger partial charge in [-0.1, -0.05) is 18.2 Å². The van der Waals surface area contributed by atoms with Crippen LogP contribution in [0.5, 0.6) is 0 Å². The van der Waals surface area contributed by atoms with Crippen LogP contribution >= 0.6 is 0 Å². The third kappa shape index (κ3) is 1.97. The van der Waals surface area contributed by atoms with Crippen LogP contribution in [0.2, 0.25) is 0 Å². The summed E-state index contributed by atoms with van der Waals surface area (Å²) in [5.41, 5.74) is 2.66. The van der Waals surface area contributed by atoms with E-state index in [4.69, 9.17) is 4.74 Å². The molecule has 0 bridgehead atoms. The van der Waals surface area contributed by atoms with Crippen LogP contribution in [-0.4, -0.2) is 25.3 Å². The van der Waals surface area contributed by atoms with Crippen LogP contribution in [0.1, 0.15) is 12.0 Å². The number of hydrogen-bond acceptors (Lipinski definition) is 3. The van der Waals surface area contributed by atoms with Gasteiger partial charge in [0.15, 0.2) is 0 Å². The van der Waals surface area contributed by atoms with Gasteiger partial charge in [-0.2, -0.15) is 5.10 Å². The molecule has 84 valence electrons. The molecule has 2 rings (SSSR count). The van der Waals surface area contributed by atoms with Crippen molar-refractivity contribution >= 4 is 17.3 Å². The van der Waals surface area contributed by atoms with Crippen molar-refractivity contribution < 1.29 is 9.53 Å². The molecule has 1 amide bonds. The zero-order valence-electron chi connectivity index (χ0n) is 9.43. The lowest BCUT2D eigenvalue weighted by Gasteiger charge is -2.13. The van der Waals surface area contributed by atoms with Crippen molar-refractivity contribution in [1.29, 1.82) is 0 Å². The maximum atomic E-state index is 11.8. The van der Waals surface area contributed by atoms with Gasteiger partial charge in [0, 0.05) is 7.11 Å². The molecule has 0 atom stereocenters. The van der Waals surface area contributed by atoms with Gasteiger partial charge in [0.05, 0.1) is 24.4 Å². The largest absolute Gasteiger partial charge is 0.379 e. The summed E-state index contributed by atoms with van der Waals surface area (Å²) < 4.78 is 4.98. The average Bonchev–Trinajstić information content (AvgIpc) is 2.61. The van der Waals surface area contributed by atoms with Crippen molar-refractivity contribution in [1.82, 2.24) is 0 Å². The van der Waals surface area contributed by atoms with E-state index in [1.54, 1.807) is 7.11 Å². The van der Waals surface area contributed by atoms with Gasteiger partial charge in [0.2, 0.25) is 0 Å². The molecule has 0 saturated carbocycles. The minimum Gasteiger partial charge on any atom is -0.379 e. The van der Waals surface area contributed by atoms with Crippen molar-refractivity contribution in [3.05, 3.63) is 29.8 Å². The zero-order chi connectivity index (χ0) is 11.5. The molecule has 1 heterocycles. The third-order valence-electron chi connectivity index (χ3n) is 2.49. The highest BCUT2D eigenvalue weighted by molar-refractivity contribution is 6.13. The van der Waals surface area contributed by atoms with E-state index in [0.29, 0.717) is 13.0 Å². The number of aryl methyl sites for hydroxylation is 1. The molecule has 0 unspecified atom stereocenters. The van der Waals surface area contributed by atoms with Crippen molar-refractivity contribution in [3.8, 4) is 0 Å². The molecule has 1 aromatic carbocycles. The molecule has 0 radical (unpaired) electrons. The summed E-state index contributed by atoms with van der Waals surface area (Å²) in [6.07, 6.45) is 0.349. The SMILES string of the molecule is COCC1=NN(c2ccccc2C)C(=O)C1. The lowest BCUT2D eigenvalue weighted by Crippen LogP contribution is -2.20. The molecule has 0 spiro atoms. The standard InChI is InChI=1S/C12H14N2O2/c1-9-5-3-4-6-11(9)14-12(15)7-10(13-14)8-16-2/h3-6H,7-8H2,1-2H3. The van der Waals surface area contributed by atoms with Crippen LogP contribution in [0.4, 0.5) is 5.69 Å². The fourth-order valence-electron chi connectivity index (χ4n) is 1.72. The topological polar surface area (TPSA) is 41.9 Å². The number of methoxy groups -OCH3 is 1. The second-order valence-corrected chi connectivity index (χ2v) is 3.77. The molecule has 1 aliphatic heterocycles. The summed E-state index contributed by atoms with van der Waals surface area (Å²) in [7, 11) is 1.60. The number of amides is 1. The molecular formula is C12H14N2O2. The van der Waals surface area contributed by atoms with Gasteiger partial charge in [0.1, 0.15) is 0 Å². The van der Waals surface area contributed by atoms with Gasteiger partial charge in [0.25, 0.3) is 5.91 Å². The lowest BCUT2D eigenvalue weighted by atomic mass is 10.2. The monoisotopic (exact) mass is 218 g/mol. The second-order valence-electron chi connectivity index (χ2n) is 3.77. The minimum absolute atomic E-state index is 0.00125. The first-order valence-corrected chi connectivity index (χ1v) is 5.16. The van der Waals surface area contributed by atoms with Crippen LogP contribution < -0.4 is 5.01 Å². The zero-order valence-corrected chi connectivity index (χ0v) is 9.43. The quantitative estimate of drug-likeness (QED) is 0.775. The molecule has 0 saturated heterocycles. The Kier molecular flexibility index (Phi) is 3.01. The van der Waals surface area contributed by atoms with E-state index in [-0.39, 0.29) is 5.91 Å². The molecule has 1 aliphatic rings. The molecule has 0 aromatic heterocycles.